The van der Waals surface area contributed by atoms with E-state index in [1.807, 2.05) is 42.5 Å². The van der Waals surface area contributed by atoms with Crippen molar-refractivity contribution in [1.82, 2.24) is 10.2 Å². The van der Waals surface area contributed by atoms with E-state index in [2.05, 4.69) is 27.6 Å². The Morgan fingerprint density at radius 3 is 2.52 bits per heavy atom. The van der Waals surface area contributed by atoms with E-state index in [4.69, 9.17) is 4.74 Å². The van der Waals surface area contributed by atoms with Gasteiger partial charge in [-0.15, -0.1) is 10.2 Å². The van der Waals surface area contributed by atoms with Crippen LogP contribution in [0.5, 0.6) is 5.75 Å². The van der Waals surface area contributed by atoms with Gasteiger partial charge in [0.1, 0.15) is 10.8 Å². The van der Waals surface area contributed by atoms with Crippen molar-refractivity contribution < 1.29 is 9.53 Å². The first-order chi connectivity index (χ1) is 12.2. The lowest BCUT2D eigenvalue weighted by Gasteiger charge is -2.03. The summed E-state index contributed by atoms with van der Waals surface area (Å²) in [5.74, 6) is 0.756. The quantitative estimate of drug-likeness (QED) is 0.703. The molecule has 0 bridgehead atoms. The molecular formula is C19H19N3O2S. The zero-order valence-corrected chi connectivity index (χ0v) is 14.8. The van der Waals surface area contributed by atoms with Gasteiger partial charge in [-0.3, -0.25) is 4.79 Å². The van der Waals surface area contributed by atoms with E-state index >= 15 is 0 Å². The first kappa shape index (κ1) is 17.1. The van der Waals surface area contributed by atoms with Crippen LogP contribution in [0.3, 0.4) is 0 Å². The summed E-state index contributed by atoms with van der Waals surface area (Å²) in [6, 6.07) is 17.8. The first-order valence-corrected chi connectivity index (χ1v) is 8.83. The van der Waals surface area contributed by atoms with Gasteiger partial charge in [-0.2, -0.15) is 0 Å². The van der Waals surface area contributed by atoms with Crippen LogP contribution >= 0.6 is 11.3 Å². The maximum absolute atomic E-state index is 12.1. The van der Waals surface area contributed by atoms with Crippen molar-refractivity contribution in [3.8, 4) is 5.75 Å². The molecule has 3 rings (SSSR count). The molecular weight excluding hydrogens is 334 g/mol. The number of hydrogen-bond donors (Lipinski definition) is 1. The molecule has 1 aromatic heterocycles. The van der Waals surface area contributed by atoms with Crippen LogP contribution in [0.4, 0.5) is 5.13 Å². The highest BCUT2D eigenvalue weighted by Gasteiger charge is 2.09. The van der Waals surface area contributed by atoms with Crippen LogP contribution in [0.25, 0.3) is 0 Å². The predicted molar refractivity (Wildman–Crippen MR) is 99.1 cm³/mol. The van der Waals surface area contributed by atoms with Gasteiger partial charge < -0.3 is 10.1 Å². The van der Waals surface area contributed by atoms with Gasteiger partial charge in [-0.1, -0.05) is 53.8 Å². The zero-order chi connectivity index (χ0) is 17.5. The molecule has 0 spiro atoms. The van der Waals surface area contributed by atoms with Crippen LogP contribution in [-0.2, 0) is 17.6 Å². The number of benzene rings is 2. The summed E-state index contributed by atoms with van der Waals surface area (Å²) in [5.41, 5.74) is 2.27. The Morgan fingerprint density at radius 1 is 1.04 bits per heavy atom. The summed E-state index contributed by atoms with van der Waals surface area (Å²) >= 11 is 1.41. The standard InChI is InChI=1S/C19H19N3O2S/c1-24-16-10-7-14(8-11-16)9-12-17(23)20-19-22-21-18(25-19)13-15-5-3-2-4-6-15/h2-8,10-11H,9,12-13H2,1H3,(H,20,22,23). The highest BCUT2D eigenvalue weighted by Crippen LogP contribution is 2.19. The Kier molecular flexibility index (Phi) is 5.74. The van der Waals surface area contributed by atoms with Crippen LogP contribution in [0, 0.1) is 0 Å². The number of rotatable bonds is 7. The molecule has 0 saturated carbocycles. The van der Waals surface area contributed by atoms with Crippen LogP contribution in [0.15, 0.2) is 54.6 Å². The number of aromatic nitrogens is 2. The monoisotopic (exact) mass is 353 g/mol. The summed E-state index contributed by atoms with van der Waals surface area (Å²) in [6.07, 6.45) is 1.80. The molecule has 0 aliphatic heterocycles. The molecule has 6 heteroatoms. The number of carbonyl (C=O) groups excluding carboxylic acids is 1. The number of nitrogens with zero attached hydrogens (tertiary/aromatic N) is 2. The van der Waals surface area contributed by atoms with Gasteiger partial charge >= 0.3 is 0 Å². The summed E-state index contributed by atoms with van der Waals surface area (Å²) < 4.78 is 5.13. The van der Waals surface area contributed by atoms with E-state index in [0.29, 0.717) is 18.0 Å². The van der Waals surface area contributed by atoms with Gasteiger partial charge in [0, 0.05) is 12.8 Å². The fourth-order valence-electron chi connectivity index (χ4n) is 2.38. The number of nitrogens with one attached hydrogen (secondary N) is 1. The Balaban J connectivity index is 1.49. The van der Waals surface area contributed by atoms with Crippen molar-refractivity contribution in [1.29, 1.82) is 0 Å². The normalized spacial score (nSPS) is 10.4. The van der Waals surface area contributed by atoms with E-state index in [1.165, 1.54) is 16.9 Å². The number of methoxy groups -OCH3 is 1. The van der Waals surface area contributed by atoms with E-state index in [-0.39, 0.29) is 5.91 Å². The van der Waals surface area contributed by atoms with Crippen molar-refractivity contribution in [2.75, 3.05) is 12.4 Å². The van der Waals surface area contributed by atoms with Crippen molar-refractivity contribution in [2.24, 2.45) is 0 Å². The lowest BCUT2D eigenvalue weighted by Crippen LogP contribution is -2.12. The SMILES string of the molecule is COc1ccc(CCC(=O)Nc2nnc(Cc3ccccc3)s2)cc1. The molecule has 25 heavy (non-hydrogen) atoms. The van der Waals surface area contributed by atoms with Crippen molar-refractivity contribution in [3.63, 3.8) is 0 Å². The van der Waals surface area contributed by atoms with Crippen LogP contribution in [-0.4, -0.2) is 23.2 Å². The molecule has 0 radical (unpaired) electrons. The number of carbonyl (C=O) groups is 1. The lowest BCUT2D eigenvalue weighted by atomic mass is 10.1. The Bertz CT molecular complexity index is 816. The zero-order valence-electron chi connectivity index (χ0n) is 13.9. The average Bonchev–Trinajstić information content (AvgIpc) is 3.08. The number of hydrogen-bond acceptors (Lipinski definition) is 5. The average molecular weight is 353 g/mol. The smallest absolute Gasteiger partial charge is 0.226 e. The van der Waals surface area contributed by atoms with E-state index in [9.17, 15) is 4.79 Å². The number of aryl methyl sites for hydroxylation is 1. The molecule has 1 N–H and O–H groups in total. The largest absolute Gasteiger partial charge is 0.497 e. The van der Waals surface area contributed by atoms with Gasteiger partial charge in [-0.25, -0.2) is 0 Å². The minimum Gasteiger partial charge on any atom is -0.497 e. The molecule has 128 valence electrons. The van der Waals surface area contributed by atoms with Gasteiger partial charge in [0.25, 0.3) is 0 Å². The molecule has 0 atom stereocenters. The van der Waals surface area contributed by atoms with Gasteiger partial charge in [0.15, 0.2) is 0 Å². The van der Waals surface area contributed by atoms with Crippen LogP contribution in [0.2, 0.25) is 0 Å². The lowest BCUT2D eigenvalue weighted by molar-refractivity contribution is -0.116. The van der Waals surface area contributed by atoms with Crippen LogP contribution < -0.4 is 10.1 Å². The van der Waals surface area contributed by atoms with E-state index < -0.39 is 0 Å². The molecule has 0 aliphatic rings. The molecule has 0 aliphatic carbocycles. The first-order valence-electron chi connectivity index (χ1n) is 8.02. The maximum atomic E-state index is 12.1. The molecule has 3 aromatic rings. The van der Waals surface area contributed by atoms with Crippen molar-refractivity contribution in [3.05, 3.63) is 70.7 Å². The van der Waals surface area contributed by atoms with Gasteiger partial charge in [0.2, 0.25) is 11.0 Å². The second-order valence-electron chi connectivity index (χ2n) is 5.56. The predicted octanol–water partition coefficient (Wildman–Crippen LogP) is 3.71. The molecule has 0 fully saturated rings. The molecule has 1 heterocycles. The molecule has 0 unspecified atom stereocenters. The fourth-order valence-corrected chi connectivity index (χ4v) is 3.17. The maximum Gasteiger partial charge on any atom is 0.226 e. The fraction of sp³-hybridized carbons (Fsp3) is 0.211. The van der Waals surface area contributed by atoms with Crippen LogP contribution in [0.1, 0.15) is 22.6 Å². The third-order valence-electron chi connectivity index (χ3n) is 3.71. The third-order valence-corrected chi connectivity index (χ3v) is 4.55. The third kappa shape index (κ3) is 5.12. The minimum absolute atomic E-state index is 0.0572. The topological polar surface area (TPSA) is 64.1 Å². The second-order valence-corrected chi connectivity index (χ2v) is 6.62. The Morgan fingerprint density at radius 2 is 1.80 bits per heavy atom. The molecule has 0 saturated heterocycles. The number of amides is 1. The van der Waals surface area contributed by atoms with E-state index in [0.717, 1.165) is 22.7 Å². The van der Waals surface area contributed by atoms with E-state index in [1.54, 1.807) is 7.11 Å². The van der Waals surface area contributed by atoms with Crippen molar-refractivity contribution >= 4 is 22.4 Å². The molecule has 1 amide bonds. The molecule has 2 aromatic carbocycles. The highest BCUT2D eigenvalue weighted by atomic mass is 32.1. The Labute approximate surface area is 150 Å². The summed E-state index contributed by atoms with van der Waals surface area (Å²) in [7, 11) is 1.64. The summed E-state index contributed by atoms with van der Waals surface area (Å²) in [5, 5.41) is 12.4. The van der Waals surface area contributed by atoms with Crippen molar-refractivity contribution in [2.45, 2.75) is 19.3 Å². The number of anilines is 1. The number of ether oxygens (including phenoxy) is 1. The summed E-state index contributed by atoms with van der Waals surface area (Å²) in [6.45, 7) is 0. The second kappa shape index (κ2) is 8.39. The summed E-state index contributed by atoms with van der Waals surface area (Å²) in [4.78, 5) is 12.1. The minimum atomic E-state index is -0.0572. The van der Waals surface area contributed by atoms with Gasteiger partial charge in [0.05, 0.1) is 7.11 Å². The Hall–Kier alpha value is -2.73. The highest BCUT2D eigenvalue weighted by molar-refractivity contribution is 7.15. The van der Waals surface area contributed by atoms with Gasteiger partial charge in [-0.05, 0) is 29.7 Å². The molecule has 5 nitrogen and oxygen atoms in total.